The summed E-state index contributed by atoms with van der Waals surface area (Å²) in [6.45, 7) is 2.06. The topological polar surface area (TPSA) is 0 Å². The first-order chi connectivity index (χ1) is 12.6. The summed E-state index contributed by atoms with van der Waals surface area (Å²) < 4.78 is 44.0. The molecule has 0 N–H and O–H groups in total. The molecular weight excluding hydrogens is 333 g/mol. The van der Waals surface area contributed by atoms with Gasteiger partial charge in [0, 0.05) is 5.39 Å². The second-order valence-electron chi connectivity index (χ2n) is 6.72. The molecule has 0 aromatic heterocycles. The number of hydrogen-bond acceptors (Lipinski definition) is 0. The minimum atomic E-state index is -1.37. The molecule has 0 fully saturated rings. The molecule has 0 atom stereocenters. The van der Waals surface area contributed by atoms with Gasteiger partial charge in [0.25, 0.3) is 0 Å². The maximum Gasteiger partial charge on any atom is 0.195 e. The summed E-state index contributed by atoms with van der Waals surface area (Å²) in [4.78, 5) is 0. The van der Waals surface area contributed by atoms with Crippen LogP contribution in [0, 0.1) is 17.5 Å². The fraction of sp³-hybridized carbons (Fsp3) is 0.217. The van der Waals surface area contributed by atoms with Gasteiger partial charge in [-0.2, -0.15) is 0 Å². The van der Waals surface area contributed by atoms with E-state index in [0.29, 0.717) is 17.2 Å². The molecule has 0 aliphatic heterocycles. The van der Waals surface area contributed by atoms with Crippen molar-refractivity contribution < 1.29 is 13.2 Å². The number of fused-ring (bicyclic) bond motifs is 6. The molecule has 3 heteroatoms. The Hall–Kier alpha value is -2.55. The minimum Gasteiger partial charge on any atom is -0.203 e. The van der Waals surface area contributed by atoms with Crippen LogP contribution in [0.2, 0.25) is 0 Å². The van der Waals surface area contributed by atoms with Crippen molar-refractivity contribution in [1.29, 1.82) is 0 Å². The zero-order valence-electron chi connectivity index (χ0n) is 14.6. The van der Waals surface area contributed by atoms with Crippen LogP contribution in [0.4, 0.5) is 13.2 Å². The molecule has 4 rings (SSSR count). The Morgan fingerprint density at radius 3 is 1.73 bits per heavy atom. The van der Waals surface area contributed by atoms with Gasteiger partial charge in [0.1, 0.15) is 0 Å². The summed E-state index contributed by atoms with van der Waals surface area (Å²) in [5.74, 6) is -3.52. The van der Waals surface area contributed by atoms with E-state index in [1.807, 2.05) is 36.4 Å². The van der Waals surface area contributed by atoms with Crippen LogP contribution in [-0.2, 0) is 6.42 Å². The zero-order chi connectivity index (χ0) is 18.3. The van der Waals surface area contributed by atoms with Crippen molar-refractivity contribution in [2.24, 2.45) is 0 Å². The quantitative estimate of drug-likeness (QED) is 0.205. The molecule has 0 bridgehead atoms. The molecule has 0 unspecified atom stereocenters. The molecule has 4 aromatic carbocycles. The largest absolute Gasteiger partial charge is 0.203 e. The molecule has 0 spiro atoms. The summed E-state index contributed by atoms with van der Waals surface area (Å²) in [5, 5.41) is 3.86. The number of hydrogen-bond donors (Lipinski definition) is 0. The molecule has 4 aromatic rings. The van der Waals surface area contributed by atoms with Gasteiger partial charge in [-0.05, 0) is 45.3 Å². The smallest absolute Gasteiger partial charge is 0.195 e. The molecule has 132 valence electrons. The monoisotopic (exact) mass is 352 g/mol. The van der Waals surface area contributed by atoms with Crippen molar-refractivity contribution in [3.63, 3.8) is 0 Å². The third-order valence-corrected chi connectivity index (χ3v) is 5.13. The maximum absolute atomic E-state index is 14.9. The van der Waals surface area contributed by atoms with Crippen LogP contribution < -0.4 is 0 Å². The molecule has 0 saturated carbocycles. The lowest BCUT2D eigenvalue weighted by Crippen LogP contribution is -2.02. The number of unbranched alkanes of at least 4 members (excludes halogenated alkanes) is 2. The standard InChI is InChI=1S/C23H19F3/c1-2-3-4-13-18-19-16-11-7-5-9-14(16)15-10-6-8-12-17(15)20(19)22(25)23(26)21(18)24/h5-12H,2-4,13H2,1H3. The molecule has 0 aliphatic rings. The molecule has 0 saturated heterocycles. The highest BCUT2D eigenvalue weighted by Crippen LogP contribution is 2.40. The van der Waals surface area contributed by atoms with Crippen molar-refractivity contribution in [2.45, 2.75) is 32.6 Å². The highest BCUT2D eigenvalue weighted by molar-refractivity contribution is 6.26. The van der Waals surface area contributed by atoms with E-state index in [9.17, 15) is 13.2 Å². The summed E-state index contributed by atoms with van der Waals surface area (Å²) in [6, 6.07) is 14.9. The number of halogens is 3. The van der Waals surface area contributed by atoms with Crippen LogP contribution in [0.3, 0.4) is 0 Å². The van der Waals surface area contributed by atoms with Crippen molar-refractivity contribution >= 4 is 32.3 Å². The molecule has 26 heavy (non-hydrogen) atoms. The highest BCUT2D eigenvalue weighted by Gasteiger charge is 2.23. The van der Waals surface area contributed by atoms with E-state index < -0.39 is 17.5 Å². The lowest BCUT2D eigenvalue weighted by atomic mass is 9.89. The summed E-state index contributed by atoms with van der Waals surface area (Å²) >= 11 is 0. The van der Waals surface area contributed by atoms with Crippen LogP contribution in [0.25, 0.3) is 32.3 Å². The summed E-state index contributed by atoms with van der Waals surface area (Å²) in [5.41, 5.74) is 0.286. The number of benzene rings is 4. The van der Waals surface area contributed by atoms with Gasteiger partial charge < -0.3 is 0 Å². The average molecular weight is 352 g/mol. The Morgan fingerprint density at radius 1 is 0.615 bits per heavy atom. The van der Waals surface area contributed by atoms with Crippen LogP contribution in [0.5, 0.6) is 0 Å². The van der Waals surface area contributed by atoms with Crippen molar-refractivity contribution in [3.8, 4) is 0 Å². The predicted molar refractivity (Wildman–Crippen MR) is 102 cm³/mol. The predicted octanol–water partition coefficient (Wildman–Crippen LogP) is 7.30. The van der Waals surface area contributed by atoms with Crippen LogP contribution in [0.1, 0.15) is 31.7 Å². The molecule has 0 heterocycles. The normalized spacial score (nSPS) is 11.7. The Balaban J connectivity index is 2.24. The molecular formula is C23H19F3. The second kappa shape index (κ2) is 6.64. The zero-order valence-corrected chi connectivity index (χ0v) is 14.6. The Bertz CT molecular complexity index is 1130. The van der Waals surface area contributed by atoms with E-state index >= 15 is 0 Å². The average Bonchev–Trinajstić information content (AvgIpc) is 2.68. The van der Waals surface area contributed by atoms with E-state index in [1.165, 1.54) is 0 Å². The first-order valence-corrected chi connectivity index (χ1v) is 9.03. The van der Waals surface area contributed by atoms with E-state index in [2.05, 4.69) is 6.92 Å². The molecule has 0 amide bonds. The Morgan fingerprint density at radius 2 is 1.15 bits per heavy atom. The van der Waals surface area contributed by atoms with Gasteiger partial charge in [0.15, 0.2) is 17.5 Å². The first-order valence-electron chi connectivity index (χ1n) is 9.03. The van der Waals surface area contributed by atoms with Crippen LogP contribution in [-0.4, -0.2) is 0 Å². The summed E-state index contributed by atoms with van der Waals surface area (Å²) in [6.07, 6.45) is 3.04. The third kappa shape index (κ3) is 2.45. The Kier molecular flexibility index (Phi) is 4.31. The van der Waals surface area contributed by atoms with Crippen molar-refractivity contribution in [2.75, 3.05) is 0 Å². The van der Waals surface area contributed by atoms with Crippen LogP contribution in [0.15, 0.2) is 48.5 Å². The van der Waals surface area contributed by atoms with Gasteiger partial charge in [-0.15, -0.1) is 0 Å². The van der Waals surface area contributed by atoms with Crippen molar-refractivity contribution in [3.05, 3.63) is 71.5 Å². The second-order valence-corrected chi connectivity index (χ2v) is 6.72. The van der Waals surface area contributed by atoms with Gasteiger partial charge in [0.2, 0.25) is 0 Å². The molecule has 0 radical (unpaired) electrons. The number of aryl methyl sites for hydroxylation is 1. The SMILES string of the molecule is CCCCCc1c(F)c(F)c(F)c2c3ccccc3c3ccccc3c12. The van der Waals surface area contributed by atoms with Gasteiger partial charge in [0.05, 0.1) is 0 Å². The van der Waals surface area contributed by atoms with Gasteiger partial charge in [-0.3, -0.25) is 0 Å². The fourth-order valence-corrected chi connectivity index (χ4v) is 3.92. The minimum absolute atomic E-state index is 0.185. The lowest BCUT2D eigenvalue weighted by molar-refractivity contribution is 0.447. The lowest BCUT2D eigenvalue weighted by Gasteiger charge is -2.16. The highest BCUT2D eigenvalue weighted by atomic mass is 19.2. The van der Waals surface area contributed by atoms with Gasteiger partial charge >= 0.3 is 0 Å². The fourth-order valence-electron chi connectivity index (χ4n) is 3.92. The maximum atomic E-state index is 14.9. The van der Waals surface area contributed by atoms with E-state index in [4.69, 9.17) is 0 Å². The van der Waals surface area contributed by atoms with Gasteiger partial charge in [-0.25, -0.2) is 13.2 Å². The first kappa shape index (κ1) is 16.9. The number of rotatable bonds is 4. The van der Waals surface area contributed by atoms with E-state index in [1.54, 1.807) is 12.1 Å². The van der Waals surface area contributed by atoms with E-state index in [0.717, 1.165) is 35.4 Å². The summed E-state index contributed by atoms with van der Waals surface area (Å²) in [7, 11) is 0. The van der Waals surface area contributed by atoms with Gasteiger partial charge in [-0.1, -0.05) is 68.3 Å². The van der Waals surface area contributed by atoms with Crippen LogP contribution >= 0.6 is 0 Å². The van der Waals surface area contributed by atoms with Crippen molar-refractivity contribution in [1.82, 2.24) is 0 Å². The Labute approximate surface area is 150 Å². The van der Waals surface area contributed by atoms with E-state index in [-0.39, 0.29) is 10.9 Å². The molecule has 0 nitrogen and oxygen atoms in total. The molecule has 0 aliphatic carbocycles. The third-order valence-electron chi connectivity index (χ3n) is 5.13.